The second-order valence-electron chi connectivity index (χ2n) is 13.3. The molecule has 45 heavy (non-hydrogen) atoms. The fraction of sp³-hybridized carbons (Fsp3) is 0.231. The summed E-state index contributed by atoms with van der Waals surface area (Å²) in [6.45, 7) is 11.1. The standard InChI is InChI=1S/C25H22P.C14H22O4S/c1-5-13-22(14-6-1)21-26(23-15-7-2-8-16-23,24-17-9-3-10-18-24)25-19-11-4-12-20-25;1-13(2,3)10-7-9(19(16,17)18)8-11(12(10)15)14(4,5)6/h1-20H,21H2;7-8,15H,1-6H3,(H,16,17,18)/q+1;/p-1. The molecule has 0 aliphatic heterocycles. The molecular formula is C39H43O4PS. The molecule has 5 aromatic carbocycles. The van der Waals surface area contributed by atoms with Crippen LogP contribution in [-0.2, 0) is 27.1 Å². The van der Waals surface area contributed by atoms with Crippen LogP contribution in [0, 0.1) is 0 Å². The van der Waals surface area contributed by atoms with Crippen LogP contribution in [-0.4, -0.2) is 18.1 Å². The molecule has 0 saturated heterocycles. The van der Waals surface area contributed by atoms with Gasteiger partial charge in [-0.2, -0.15) is 0 Å². The van der Waals surface area contributed by atoms with Gasteiger partial charge >= 0.3 is 0 Å². The SMILES string of the molecule is CC(C)(C)c1cc(S(=O)(=O)[O-])cc(C(C)(C)C)c1O.c1ccc(C[P+](c2ccccc2)(c2ccccc2)c2ccccc2)cc1. The van der Waals surface area contributed by atoms with E-state index < -0.39 is 28.2 Å². The summed E-state index contributed by atoms with van der Waals surface area (Å²) in [5, 5.41) is 14.6. The van der Waals surface area contributed by atoms with Crippen LogP contribution in [0.1, 0.15) is 58.2 Å². The highest BCUT2D eigenvalue weighted by Crippen LogP contribution is 2.58. The van der Waals surface area contributed by atoms with Crippen molar-refractivity contribution in [2.75, 3.05) is 0 Å². The average Bonchev–Trinajstić information content (AvgIpc) is 3.00. The summed E-state index contributed by atoms with van der Waals surface area (Å²) in [6.07, 6.45) is 1.03. The van der Waals surface area contributed by atoms with Crippen LogP contribution in [0.5, 0.6) is 5.75 Å². The van der Waals surface area contributed by atoms with Gasteiger partial charge in [0.25, 0.3) is 0 Å². The average molecular weight is 639 g/mol. The topological polar surface area (TPSA) is 77.4 Å². The van der Waals surface area contributed by atoms with Gasteiger partial charge in [-0.3, -0.25) is 0 Å². The van der Waals surface area contributed by atoms with Crippen molar-refractivity contribution < 1.29 is 18.1 Å². The largest absolute Gasteiger partial charge is 0.744 e. The smallest absolute Gasteiger partial charge is 0.124 e. The zero-order chi connectivity index (χ0) is 32.9. The molecule has 234 valence electrons. The summed E-state index contributed by atoms with van der Waals surface area (Å²) in [4.78, 5) is -0.292. The van der Waals surface area contributed by atoms with E-state index in [4.69, 9.17) is 0 Å². The van der Waals surface area contributed by atoms with E-state index in [0.717, 1.165) is 6.16 Å². The van der Waals surface area contributed by atoms with Crippen LogP contribution in [0.3, 0.4) is 0 Å². The second-order valence-corrected chi connectivity index (χ2v) is 18.1. The predicted molar refractivity (Wildman–Crippen MR) is 189 cm³/mol. The molecule has 0 amide bonds. The Morgan fingerprint density at radius 3 is 1.18 bits per heavy atom. The van der Waals surface area contributed by atoms with Crippen molar-refractivity contribution in [3.05, 3.63) is 150 Å². The van der Waals surface area contributed by atoms with E-state index in [1.54, 1.807) is 0 Å². The fourth-order valence-electron chi connectivity index (χ4n) is 5.52. The normalized spacial score (nSPS) is 12.2. The van der Waals surface area contributed by atoms with E-state index in [1.807, 2.05) is 41.5 Å². The molecule has 0 aliphatic rings. The van der Waals surface area contributed by atoms with Crippen molar-refractivity contribution >= 4 is 33.3 Å². The molecule has 0 saturated carbocycles. The maximum absolute atomic E-state index is 11.3. The maximum Gasteiger partial charge on any atom is 0.124 e. The minimum Gasteiger partial charge on any atom is -0.744 e. The van der Waals surface area contributed by atoms with E-state index in [1.165, 1.54) is 33.6 Å². The summed E-state index contributed by atoms with van der Waals surface area (Å²) in [5.41, 5.74) is 1.41. The van der Waals surface area contributed by atoms with Crippen molar-refractivity contribution in [1.29, 1.82) is 0 Å². The Morgan fingerprint density at radius 2 is 0.889 bits per heavy atom. The highest BCUT2D eigenvalue weighted by molar-refractivity contribution is 7.95. The Bertz CT molecular complexity index is 1660. The van der Waals surface area contributed by atoms with Gasteiger partial charge in [0.1, 0.15) is 39.0 Å². The minimum absolute atomic E-state index is 0.0624. The summed E-state index contributed by atoms with van der Waals surface area (Å²) in [6, 6.07) is 46.6. The summed E-state index contributed by atoms with van der Waals surface area (Å²) < 4.78 is 33.8. The van der Waals surface area contributed by atoms with Crippen molar-refractivity contribution in [1.82, 2.24) is 0 Å². The molecular weight excluding hydrogens is 595 g/mol. The number of phenols is 1. The van der Waals surface area contributed by atoms with Gasteiger partial charge in [-0.15, -0.1) is 0 Å². The number of hydrogen-bond acceptors (Lipinski definition) is 4. The maximum atomic E-state index is 11.3. The van der Waals surface area contributed by atoms with Crippen LogP contribution < -0.4 is 15.9 Å². The summed E-state index contributed by atoms with van der Waals surface area (Å²) >= 11 is 0. The molecule has 0 bridgehead atoms. The number of benzene rings is 5. The van der Waals surface area contributed by atoms with Gasteiger partial charge in [-0.25, -0.2) is 8.42 Å². The van der Waals surface area contributed by atoms with Gasteiger partial charge in [0.05, 0.1) is 11.1 Å². The molecule has 0 heterocycles. The molecule has 0 spiro atoms. The highest BCUT2D eigenvalue weighted by atomic mass is 32.2. The third kappa shape index (κ3) is 8.10. The summed E-state index contributed by atoms with van der Waals surface area (Å²) in [7, 11) is -6.32. The first kappa shape index (κ1) is 34.1. The zero-order valence-electron chi connectivity index (χ0n) is 26.9. The van der Waals surface area contributed by atoms with Crippen molar-refractivity contribution in [2.24, 2.45) is 0 Å². The summed E-state index contributed by atoms with van der Waals surface area (Å²) in [5.74, 6) is 0.0624. The Balaban J connectivity index is 0.000000217. The van der Waals surface area contributed by atoms with Gasteiger partial charge in [-0.05, 0) is 64.9 Å². The van der Waals surface area contributed by atoms with Crippen LogP contribution in [0.15, 0.2) is 138 Å². The molecule has 4 nitrogen and oxygen atoms in total. The molecule has 1 N–H and O–H groups in total. The molecule has 0 aromatic heterocycles. The quantitative estimate of drug-likeness (QED) is 0.151. The fourth-order valence-corrected chi connectivity index (χ4v) is 10.3. The van der Waals surface area contributed by atoms with Crippen molar-refractivity contribution in [2.45, 2.75) is 63.4 Å². The van der Waals surface area contributed by atoms with E-state index in [2.05, 4.69) is 121 Å². The molecule has 5 rings (SSSR count). The number of hydrogen-bond donors (Lipinski definition) is 1. The number of rotatable bonds is 6. The molecule has 0 unspecified atom stereocenters. The van der Waals surface area contributed by atoms with E-state index in [-0.39, 0.29) is 10.6 Å². The lowest BCUT2D eigenvalue weighted by Crippen LogP contribution is -2.32. The molecule has 0 radical (unpaired) electrons. The van der Waals surface area contributed by atoms with E-state index >= 15 is 0 Å². The van der Waals surface area contributed by atoms with Crippen LogP contribution >= 0.6 is 7.26 Å². The van der Waals surface area contributed by atoms with Gasteiger partial charge < -0.3 is 9.66 Å². The zero-order valence-corrected chi connectivity index (χ0v) is 28.6. The lowest BCUT2D eigenvalue weighted by Gasteiger charge is -2.28. The first-order chi connectivity index (χ1) is 21.1. The first-order valence-corrected chi connectivity index (χ1v) is 18.4. The van der Waals surface area contributed by atoms with Gasteiger partial charge in [0.2, 0.25) is 0 Å². The predicted octanol–water partition coefficient (Wildman–Crippen LogP) is 8.07. The Hall–Kier alpha value is -3.76. The van der Waals surface area contributed by atoms with Crippen molar-refractivity contribution in [3.63, 3.8) is 0 Å². The Labute approximate surface area is 269 Å². The van der Waals surface area contributed by atoms with Gasteiger partial charge in [0.15, 0.2) is 0 Å². The van der Waals surface area contributed by atoms with Crippen LogP contribution in [0.4, 0.5) is 0 Å². The third-order valence-corrected chi connectivity index (χ3v) is 13.0. The molecule has 0 atom stereocenters. The molecule has 0 aliphatic carbocycles. The lowest BCUT2D eigenvalue weighted by molar-refractivity contribution is 0.420. The van der Waals surface area contributed by atoms with E-state index in [9.17, 15) is 18.1 Å². The highest BCUT2D eigenvalue weighted by Gasteiger charge is 2.45. The minimum atomic E-state index is -4.55. The van der Waals surface area contributed by atoms with Crippen LogP contribution in [0.25, 0.3) is 0 Å². The molecule has 0 fully saturated rings. The third-order valence-electron chi connectivity index (χ3n) is 7.84. The number of aromatic hydroxyl groups is 1. The first-order valence-electron chi connectivity index (χ1n) is 15.1. The van der Waals surface area contributed by atoms with Crippen molar-refractivity contribution in [3.8, 4) is 5.75 Å². The second kappa shape index (κ2) is 13.7. The van der Waals surface area contributed by atoms with Crippen LogP contribution in [0.2, 0.25) is 0 Å². The monoisotopic (exact) mass is 638 g/mol. The van der Waals surface area contributed by atoms with Gasteiger partial charge in [0, 0.05) is 11.1 Å². The lowest BCUT2D eigenvalue weighted by atomic mass is 9.79. The Kier molecular flexibility index (Phi) is 10.4. The van der Waals surface area contributed by atoms with Gasteiger partial charge in [-0.1, -0.05) is 126 Å². The molecule has 5 aromatic rings. The molecule has 6 heteroatoms. The van der Waals surface area contributed by atoms with E-state index in [0.29, 0.717) is 11.1 Å². The Morgan fingerprint density at radius 1 is 0.578 bits per heavy atom. The number of phenolic OH excluding ortho intramolecular Hbond substituents is 1.